The molecule has 7 heteroatoms. The van der Waals surface area contributed by atoms with E-state index in [0.29, 0.717) is 11.3 Å². The van der Waals surface area contributed by atoms with Gasteiger partial charge in [0.1, 0.15) is 5.82 Å². The molecule has 0 spiro atoms. The summed E-state index contributed by atoms with van der Waals surface area (Å²) in [5.74, 6) is -1.75. The van der Waals surface area contributed by atoms with E-state index in [2.05, 4.69) is 15.6 Å². The Morgan fingerprint density at radius 2 is 1.73 bits per heavy atom. The summed E-state index contributed by atoms with van der Waals surface area (Å²) < 4.78 is 13.8. The molecule has 0 bridgehead atoms. The number of halogens is 1. The number of carbonyl (C=O) groups is 2. The van der Waals surface area contributed by atoms with E-state index in [1.54, 1.807) is 23.6 Å². The summed E-state index contributed by atoms with van der Waals surface area (Å²) in [6, 6.07) is 6.36. The van der Waals surface area contributed by atoms with E-state index in [0.717, 1.165) is 37.0 Å². The number of hydrogen-bond donors (Lipinski definition) is 2. The van der Waals surface area contributed by atoms with E-state index < -0.39 is 11.8 Å². The Labute approximate surface area is 156 Å². The molecule has 138 valence electrons. The maximum absolute atomic E-state index is 13.8. The predicted molar refractivity (Wildman–Crippen MR) is 100 cm³/mol. The van der Waals surface area contributed by atoms with Crippen LogP contribution in [0.3, 0.4) is 0 Å². The average molecular weight is 375 g/mol. The second-order valence-corrected chi connectivity index (χ2v) is 7.35. The van der Waals surface area contributed by atoms with Gasteiger partial charge in [0.2, 0.25) is 0 Å². The number of rotatable bonds is 3. The molecule has 1 saturated carbocycles. The zero-order valence-corrected chi connectivity index (χ0v) is 15.3. The standard InChI is InChI=1S/C19H22FN3O2S/c20-15-11-7-6-10-14(15)16-12-26-19(22-16)23-18(25)17(24)21-13-8-4-2-1-3-5-9-13/h6-7,10-13H,1-5,8-9H2,(H,21,24)(H,22,23,25). The van der Waals surface area contributed by atoms with Gasteiger partial charge in [-0.2, -0.15) is 0 Å². The molecule has 5 nitrogen and oxygen atoms in total. The minimum Gasteiger partial charge on any atom is -0.345 e. The van der Waals surface area contributed by atoms with Crippen LogP contribution in [0.2, 0.25) is 0 Å². The van der Waals surface area contributed by atoms with Gasteiger partial charge >= 0.3 is 11.8 Å². The molecule has 2 aromatic rings. The minimum absolute atomic E-state index is 0.0545. The van der Waals surface area contributed by atoms with Crippen LogP contribution in [0.5, 0.6) is 0 Å². The van der Waals surface area contributed by atoms with Crippen LogP contribution in [0, 0.1) is 5.82 Å². The van der Waals surface area contributed by atoms with Crippen LogP contribution in [0.25, 0.3) is 11.3 Å². The van der Waals surface area contributed by atoms with E-state index in [9.17, 15) is 14.0 Å². The van der Waals surface area contributed by atoms with Gasteiger partial charge in [-0.15, -0.1) is 11.3 Å². The van der Waals surface area contributed by atoms with Gasteiger partial charge in [-0.1, -0.05) is 44.2 Å². The van der Waals surface area contributed by atoms with Crippen LogP contribution in [0.15, 0.2) is 29.6 Å². The summed E-state index contributed by atoms with van der Waals surface area (Å²) in [7, 11) is 0. The van der Waals surface area contributed by atoms with Crippen molar-refractivity contribution in [2.75, 3.05) is 5.32 Å². The zero-order chi connectivity index (χ0) is 18.4. The lowest BCUT2D eigenvalue weighted by Crippen LogP contribution is -2.42. The monoisotopic (exact) mass is 375 g/mol. The van der Waals surface area contributed by atoms with Gasteiger partial charge in [0.05, 0.1) is 5.69 Å². The minimum atomic E-state index is -0.735. The van der Waals surface area contributed by atoms with Crippen LogP contribution in [0.1, 0.15) is 44.9 Å². The van der Waals surface area contributed by atoms with Crippen molar-refractivity contribution in [1.82, 2.24) is 10.3 Å². The van der Waals surface area contributed by atoms with Crippen molar-refractivity contribution in [2.24, 2.45) is 0 Å². The molecule has 1 fully saturated rings. The molecule has 3 rings (SSSR count). The van der Waals surface area contributed by atoms with E-state index in [1.165, 1.54) is 25.3 Å². The van der Waals surface area contributed by atoms with Gasteiger partial charge in [-0.3, -0.25) is 14.9 Å². The molecule has 2 amide bonds. The Hall–Kier alpha value is -2.28. The maximum atomic E-state index is 13.8. The van der Waals surface area contributed by atoms with Crippen molar-refractivity contribution >= 4 is 28.3 Å². The Morgan fingerprint density at radius 1 is 1.04 bits per heavy atom. The Balaban J connectivity index is 1.57. The van der Waals surface area contributed by atoms with Gasteiger partial charge in [0.15, 0.2) is 5.13 Å². The van der Waals surface area contributed by atoms with Crippen molar-refractivity contribution in [1.29, 1.82) is 0 Å². The Bertz CT molecular complexity index is 770. The summed E-state index contributed by atoms with van der Waals surface area (Å²) in [6.45, 7) is 0. The number of nitrogens with zero attached hydrogens (tertiary/aromatic N) is 1. The largest absolute Gasteiger partial charge is 0.345 e. The van der Waals surface area contributed by atoms with E-state index >= 15 is 0 Å². The highest BCUT2D eigenvalue weighted by molar-refractivity contribution is 7.14. The normalized spacial score (nSPS) is 15.7. The number of anilines is 1. The van der Waals surface area contributed by atoms with Gasteiger partial charge in [0.25, 0.3) is 0 Å². The Kier molecular flexibility index (Phi) is 6.33. The molecule has 0 radical (unpaired) electrons. The van der Waals surface area contributed by atoms with Crippen LogP contribution < -0.4 is 10.6 Å². The van der Waals surface area contributed by atoms with E-state index in [-0.39, 0.29) is 17.0 Å². The molecular formula is C19H22FN3O2S. The summed E-state index contributed by atoms with van der Waals surface area (Å²) in [4.78, 5) is 28.5. The fraction of sp³-hybridized carbons (Fsp3) is 0.421. The number of benzene rings is 1. The maximum Gasteiger partial charge on any atom is 0.315 e. The highest BCUT2D eigenvalue weighted by atomic mass is 32.1. The van der Waals surface area contributed by atoms with Crippen molar-refractivity contribution in [3.05, 3.63) is 35.5 Å². The van der Waals surface area contributed by atoms with E-state index in [1.807, 2.05) is 0 Å². The molecule has 26 heavy (non-hydrogen) atoms. The first-order valence-corrected chi connectivity index (χ1v) is 9.84. The van der Waals surface area contributed by atoms with Crippen molar-refractivity contribution in [3.8, 4) is 11.3 Å². The molecule has 0 saturated heterocycles. The fourth-order valence-corrected chi connectivity index (χ4v) is 3.83. The van der Waals surface area contributed by atoms with Crippen molar-refractivity contribution in [2.45, 2.75) is 51.0 Å². The molecule has 0 unspecified atom stereocenters. The summed E-state index contributed by atoms with van der Waals surface area (Å²) >= 11 is 1.16. The molecule has 2 N–H and O–H groups in total. The van der Waals surface area contributed by atoms with Crippen molar-refractivity contribution in [3.63, 3.8) is 0 Å². The van der Waals surface area contributed by atoms with Crippen LogP contribution in [-0.2, 0) is 9.59 Å². The Morgan fingerprint density at radius 3 is 2.46 bits per heavy atom. The first-order valence-electron chi connectivity index (χ1n) is 8.96. The summed E-state index contributed by atoms with van der Waals surface area (Å²) in [6.07, 6.45) is 7.57. The quantitative estimate of drug-likeness (QED) is 0.793. The van der Waals surface area contributed by atoms with E-state index in [4.69, 9.17) is 0 Å². The first-order chi connectivity index (χ1) is 12.6. The van der Waals surface area contributed by atoms with Gasteiger partial charge < -0.3 is 5.32 Å². The zero-order valence-electron chi connectivity index (χ0n) is 14.5. The fourth-order valence-electron chi connectivity index (χ4n) is 3.13. The third-order valence-corrected chi connectivity index (χ3v) is 5.28. The lowest BCUT2D eigenvalue weighted by atomic mass is 9.97. The summed E-state index contributed by atoms with van der Waals surface area (Å²) in [5, 5.41) is 7.26. The van der Waals surface area contributed by atoms with Crippen LogP contribution in [-0.4, -0.2) is 22.8 Å². The number of thiazole rings is 1. The third-order valence-electron chi connectivity index (χ3n) is 4.52. The molecule has 1 aliphatic carbocycles. The molecular weight excluding hydrogens is 353 g/mol. The van der Waals surface area contributed by atoms with Crippen LogP contribution >= 0.6 is 11.3 Å². The summed E-state index contributed by atoms with van der Waals surface area (Å²) in [5.41, 5.74) is 0.798. The predicted octanol–water partition coefficient (Wildman–Crippen LogP) is 4.12. The lowest BCUT2D eigenvalue weighted by Gasteiger charge is -2.20. The average Bonchev–Trinajstić information content (AvgIpc) is 3.05. The molecule has 1 heterocycles. The molecule has 1 aromatic carbocycles. The van der Waals surface area contributed by atoms with Gasteiger partial charge in [-0.25, -0.2) is 9.37 Å². The second-order valence-electron chi connectivity index (χ2n) is 6.49. The SMILES string of the molecule is O=C(Nc1nc(-c2ccccc2F)cs1)C(=O)NC1CCCCCCC1. The highest BCUT2D eigenvalue weighted by Gasteiger charge is 2.20. The molecule has 1 aromatic heterocycles. The number of nitrogens with one attached hydrogen (secondary N) is 2. The third kappa shape index (κ3) is 4.88. The number of amides is 2. The number of carbonyl (C=O) groups excluding carboxylic acids is 2. The molecule has 0 aliphatic heterocycles. The number of aromatic nitrogens is 1. The topological polar surface area (TPSA) is 71.1 Å². The lowest BCUT2D eigenvalue weighted by molar-refractivity contribution is -0.136. The second kappa shape index (κ2) is 8.89. The van der Waals surface area contributed by atoms with Crippen molar-refractivity contribution < 1.29 is 14.0 Å². The highest BCUT2D eigenvalue weighted by Crippen LogP contribution is 2.26. The van der Waals surface area contributed by atoms with Gasteiger partial charge in [-0.05, 0) is 25.0 Å². The first kappa shape index (κ1) is 18.5. The molecule has 0 atom stereocenters. The van der Waals surface area contributed by atoms with Crippen LogP contribution in [0.4, 0.5) is 9.52 Å². The molecule has 1 aliphatic rings. The van der Waals surface area contributed by atoms with Gasteiger partial charge in [0, 0.05) is 17.0 Å². The smallest absolute Gasteiger partial charge is 0.315 e. The number of hydrogen-bond acceptors (Lipinski definition) is 4.